The lowest BCUT2D eigenvalue weighted by atomic mass is 9.71. The van der Waals surface area contributed by atoms with Crippen molar-refractivity contribution < 1.29 is 5.11 Å². The number of nitrogens with zero attached hydrogens (tertiary/aromatic N) is 1. The summed E-state index contributed by atoms with van der Waals surface area (Å²) < 4.78 is 0. The first-order valence-electron chi connectivity index (χ1n) is 6.11. The Morgan fingerprint density at radius 3 is 2.24 bits per heavy atom. The van der Waals surface area contributed by atoms with Crippen LogP contribution in [0.15, 0.2) is 24.3 Å². The van der Waals surface area contributed by atoms with Crippen molar-refractivity contribution in [2.45, 2.75) is 33.3 Å². The fourth-order valence-corrected chi connectivity index (χ4v) is 2.28. The summed E-state index contributed by atoms with van der Waals surface area (Å²) in [5.41, 5.74) is 1.14. The average Bonchev–Trinajstić information content (AvgIpc) is 2.15. The SMILES string of the molecule is Cc1cccc([C@@](C)(O)C(C)(C)CN(C)C)c1. The van der Waals surface area contributed by atoms with E-state index in [0.29, 0.717) is 0 Å². The normalized spacial score (nSPS) is 16.0. The van der Waals surface area contributed by atoms with Crippen LogP contribution in [0.1, 0.15) is 31.9 Å². The van der Waals surface area contributed by atoms with Gasteiger partial charge in [-0.15, -0.1) is 0 Å². The molecule has 0 aliphatic carbocycles. The first-order valence-corrected chi connectivity index (χ1v) is 6.11. The molecule has 0 radical (unpaired) electrons. The van der Waals surface area contributed by atoms with Crippen molar-refractivity contribution in [3.05, 3.63) is 35.4 Å². The zero-order valence-corrected chi connectivity index (χ0v) is 11.9. The second kappa shape index (κ2) is 4.79. The van der Waals surface area contributed by atoms with Crippen molar-refractivity contribution >= 4 is 0 Å². The second-order valence-electron chi connectivity index (χ2n) is 6.06. The first kappa shape index (κ1) is 14.2. The molecule has 0 spiro atoms. The Labute approximate surface area is 105 Å². The zero-order valence-electron chi connectivity index (χ0n) is 11.9. The van der Waals surface area contributed by atoms with Gasteiger partial charge in [0.25, 0.3) is 0 Å². The molecule has 1 aromatic carbocycles. The van der Waals surface area contributed by atoms with Crippen LogP contribution in [-0.2, 0) is 5.60 Å². The number of benzene rings is 1. The number of hydrogen-bond donors (Lipinski definition) is 1. The van der Waals surface area contributed by atoms with Gasteiger partial charge in [0.05, 0.1) is 5.60 Å². The summed E-state index contributed by atoms with van der Waals surface area (Å²) in [6, 6.07) is 8.13. The highest BCUT2D eigenvalue weighted by atomic mass is 16.3. The van der Waals surface area contributed by atoms with Gasteiger partial charge in [-0.2, -0.15) is 0 Å². The fourth-order valence-electron chi connectivity index (χ4n) is 2.28. The molecular weight excluding hydrogens is 210 g/mol. The molecule has 0 saturated heterocycles. The number of hydrogen-bond acceptors (Lipinski definition) is 2. The molecule has 0 saturated carbocycles. The van der Waals surface area contributed by atoms with Gasteiger partial charge in [-0.3, -0.25) is 0 Å². The maximum Gasteiger partial charge on any atom is 0.0931 e. The predicted molar refractivity (Wildman–Crippen MR) is 73.1 cm³/mol. The molecule has 0 bridgehead atoms. The summed E-state index contributed by atoms with van der Waals surface area (Å²) in [5, 5.41) is 10.9. The van der Waals surface area contributed by atoms with Crippen LogP contribution in [0.3, 0.4) is 0 Å². The molecule has 0 amide bonds. The van der Waals surface area contributed by atoms with Gasteiger partial charge in [0.15, 0.2) is 0 Å². The minimum atomic E-state index is -0.830. The Kier molecular flexibility index (Phi) is 4.00. The van der Waals surface area contributed by atoms with Gasteiger partial charge in [0.1, 0.15) is 0 Å². The molecule has 1 atom stereocenters. The van der Waals surface area contributed by atoms with Gasteiger partial charge >= 0.3 is 0 Å². The zero-order chi connectivity index (χ0) is 13.3. The Morgan fingerprint density at radius 1 is 1.18 bits per heavy atom. The van der Waals surface area contributed by atoms with Crippen LogP contribution in [0.4, 0.5) is 0 Å². The van der Waals surface area contributed by atoms with Crippen molar-refractivity contribution in [3.63, 3.8) is 0 Å². The number of aryl methyl sites for hydroxylation is 1. The summed E-state index contributed by atoms with van der Waals surface area (Å²) in [6.07, 6.45) is 0. The van der Waals surface area contributed by atoms with E-state index < -0.39 is 5.60 Å². The van der Waals surface area contributed by atoms with Gasteiger partial charge < -0.3 is 10.0 Å². The molecule has 0 aliphatic rings. The van der Waals surface area contributed by atoms with E-state index in [2.05, 4.69) is 37.8 Å². The van der Waals surface area contributed by atoms with Gasteiger partial charge in [-0.05, 0) is 33.5 Å². The van der Waals surface area contributed by atoms with E-state index in [1.54, 1.807) is 0 Å². The van der Waals surface area contributed by atoms with Gasteiger partial charge in [-0.25, -0.2) is 0 Å². The van der Waals surface area contributed by atoms with Gasteiger partial charge in [-0.1, -0.05) is 43.7 Å². The summed E-state index contributed by atoms with van der Waals surface area (Å²) in [7, 11) is 4.07. The highest BCUT2D eigenvalue weighted by Gasteiger charge is 2.40. The van der Waals surface area contributed by atoms with Crippen molar-refractivity contribution in [3.8, 4) is 0 Å². The molecule has 2 heteroatoms. The molecule has 1 rings (SSSR count). The molecule has 0 aliphatic heterocycles. The summed E-state index contributed by atoms with van der Waals surface area (Å²) in [6.45, 7) is 9.02. The topological polar surface area (TPSA) is 23.5 Å². The Balaban J connectivity index is 3.09. The molecule has 2 nitrogen and oxygen atoms in total. The van der Waals surface area contributed by atoms with Crippen LogP contribution >= 0.6 is 0 Å². The Bertz CT molecular complexity index is 380. The average molecular weight is 235 g/mol. The van der Waals surface area contributed by atoms with Crippen molar-refractivity contribution in [2.24, 2.45) is 5.41 Å². The lowest BCUT2D eigenvalue weighted by Gasteiger charge is -2.42. The van der Waals surface area contributed by atoms with Crippen LogP contribution in [0, 0.1) is 12.3 Å². The third kappa shape index (κ3) is 3.08. The smallest absolute Gasteiger partial charge is 0.0931 e. The molecule has 1 N–H and O–H groups in total. The van der Waals surface area contributed by atoms with Gasteiger partial charge in [0, 0.05) is 12.0 Å². The third-order valence-corrected chi connectivity index (χ3v) is 3.61. The third-order valence-electron chi connectivity index (χ3n) is 3.61. The van der Waals surface area contributed by atoms with Crippen LogP contribution in [0.25, 0.3) is 0 Å². The molecule has 96 valence electrons. The van der Waals surface area contributed by atoms with Crippen molar-refractivity contribution in [2.75, 3.05) is 20.6 Å². The van der Waals surface area contributed by atoms with Crippen LogP contribution in [-0.4, -0.2) is 30.6 Å². The number of aliphatic hydroxyl groups is 1. The van der Waals surface area contributed by atoms with Gasteiger partial charge in [0.2, 0.25) is 0 Å². The van der Waals surface area contributed by atoms with Crippen LogP contribution in [0.5, 0.6) is 0 Å². The minimum Gasteiger partial charge on any atom is -0.385 e. The number of rotatable bonds is 4. The monoisotopic (exact) mass is 235 g/mol. The Morgan fingerprint density at radius 2 is 1.76 bits per heavy atom. The molecule has 0 aromatic heterocycles. The largest absolute Gasteiger partial charge is 0.385 e. The Hall–Kier alpha value is -0.860. The maximum atomic E-state index is 10.9. The molecule has 0 unspecified atom stereocenters. The maximum absolute atomic E-state index is 10.9. The standard InChI is InChI=1S/C15H25NO/c1-12-8-7-9-13(10-12)15(4,17)14(2,3)11-16(5)6/h7-10,17H,11H2,1-6H3/t15-/m1/s1. The lowest BCUT2D eigenvalue weighted by Crippen LogP contribution is -2.45. The van der Waals surface area contributed by atoms with E-state index in [4.69, 9.17) is 0 Å². The van der Waals surface area contributed by atoms with E-state index in [1.807, 2.05) is 33.2 Å². The highest BCUT2D eigenvalue weighted by molar-refractivity contribution is 5.28. The fraction of sp³-hybridized carbons (Fsp3) is 0.600. The van der Waals surface area contributed by atoms with E-state index in [-0.39, 0.29) is 5.41 Å². The quantitative estimate of drug-likeness (QED) is 0.867. The van der Waals surface area contributed by atoms with E-state index in [1.165, 1.54) is 5.56 Å². The predicted octanol–water partition coefficient (Wildman–Crippen LogP) is 2.79. The molecule has 1 aromatic rings. The van der Waals surface area contributed by atoms with E-state index in [0.717, 1.165) is 12.1 Å². The second-order valence-corrected chi connectivity index (χ2v) is 6.06. The first-order chi connectivity index (χ1) is 7.67. The molecule has 0 fully saturated rings. The van der Waals surface area contributed by atoms with E-state index >= 15 is 0 Å². The summed E-state index contributed by atoms with van der Waals surface area (Å²) in [5.74, 6) is 0. The summed E-state index contributed by atoms with van der Waals surface area (Å²) >= 11 is 0. The minimum absolute atomic E-state index is 0.204. The molecular formula is C15H25NO. The molecule has 0 heterocycles. The van der Waals surface area contributed by atoms with Crippen LogP contribution < -0.4 is 0 Å². The van der Waals surface area contributed by atoms with E-state index in [9.17, 15) is 5.11 Å². The highest BCUT2D eigenvalue weighted by Crippen LogP contribution is 2.39. The van der Waals surface area contributed by atoms with Crippen LogP contribution in [0.2, 0.25) is 0 Å². The van der Waals surface area contributed by atoms with Crippen molar-refractivity contribution in [1.29, 1.82) is 0 Å². The van der Waals surface area contributed by atoms with Crippen molar-refractivity contribution in [1.82, 2.24) is 4.90 Å². The lowest BCUT2D eigenvalue weighted by molar-refractivity contribution is -0.0676. The molecule has 17 heavy (non-hydrogen) atoms. The summed E-state index contributed by atoms with van der Waals surface area (Å²) in [4.78, 5) is 2.12.